The van der Waals surface area contributed by atoms with Gasteiger partial charge in [0.1, 0.15) is 0 Å². The first-order valence-electron chi connectivity index (χ1n) is 12.2. The average Bonchev–Trinajstić information content (AvgIpc) is 2.64. The van der Waals surface area contributed by atoms with Crippen LogP contribution in [0.4, 0.5) is 0 Å². The average molecular weight is 353 g/mol. The van der Waals surface area contributed by atoms with Crippen LogP contribution in [0, 0.1) is 5.41 Å². The third-order valence-corrected chi connectivity index (χ3v) is 6.62. The van der Waals surface area contributed by atoms with Crippen molar-refractivity contribution < 1.29 is 0 Å². The van der Waals surface area contributed by atoms with Crippen molar-refractivity contribution in [2.75, 3.05) is 0 Å². The maximum atomic E-state index is 2.43. The highest BCUT2D eigenvalue weighted by atomic mass is 14.3. The molecule has 0 saturated heterocycles. The molecule has 0 rings (SSSR count). The van der Waals surface area contributed by atoms with Crippen LogP contribution in [0.1, 0.15) is 156 Å². The fraction of sp³-hybridized carbons (Fsp3) is 1.00. The molecule has 0 heterocycles. The van der Waals surface area contributed by atoms with Crippen LogP contribution < -0.4 is 0 Å². The standard InChI is InChI=1S/C25H52/c1-5-9-11-13-14-15-16-17-18-19-20-22-24-25(7-3,8-4)23-21-12-10-6-2/h5-24H2,1-4H3. The molecule has 0 amide bonds. The highest BCUT2D eigenvalue weighted by Gasteiger charge is 2.24. The molecule has 0 aliphatic carbocycles. The van der Waals surface area contributed by atoms with Gasteiger partial charge in [-0.25, -0.2) is 0 Å². The van der Waals surface area contributed by atoms with Crippen molar-refractivity contribution in [3.05, 3.63) is 0 Å². The van der Waals surface area contributed by atoms with E-state index >= 15 is 0 Å². The molecule has 0 saturated carbocycles. The molecule has 0 heteroatoms. The predicted octanol–water partition coefficient (Wildman–Crippen LogP) is 9.85. The second kappa shape index (κ2) is 18.8. The van der Waals surface area contributed by atoms with Crippen molar-refractivity contribution in [1.29, 1.82) is 0 Å². The van der Waals surface area contributed by atoms with Gasteiger partial charge in [-0.15, -0.1) is 0 Å². The second-order valence-electron chi connectivity index (χ2n) is 8.66. The number of hydrogen-bond donors (Lipinski definition) is 0. The Kier molecular flexibility index (Phi) is 18.8. The maximum Gasteiger partial charge on any atom is -0.0303 e. The molecular weight excluding hydrogens is 300 g/mol. The Hall–Kier alpha value is 0. The molecule has 0 spiro atoms. The molecule has 0 fully saturated rings. The first-order chi connectivity index (χ1) is 12.2. The fourth-order valence-corrected chi connectivity index (χ4v) is 4.35. The van der Waals surface area contributed by atoms with Crippen molar-refractivity contribution in [1.82, 2.24) is 0 Å². The normalized spacial score (nSPS) is 12.0. The molecule has 0 aliphatic heterocycles. The molecule has 0 N–H and O–H groups in total. The SMILES string of the molecule is CCCCCCCCCCCCCCC(CC)(CC)CCCCCC. The van der Waals surface area contributed by atoms with Gasteiger partial charge < -0.3 is 0 Å². The first-order valence-corrected chi connectivity index (χ1v) is 12.2. The van der Waals surface area contributed by atoms with Crippen LogP contribution in [0.15, 0.2) is 0 Å². The van der Waals surface area contributed by atoms with Gasteiger partial charge in [0.05, 0.1) is 0 Å². The molecule has 0 aromatic heterocycles. The summed E-state index contributed by atoms with van der Waals surface area (Å²) in [6.45, 7) is 9.49. The van der Waals surface area contributed by atoms with Crippen LogP contribution in [0.3, 0.4) is 0 Å². The van der Waals surface area contributed by atoms with Gasteiger partial charge in [0.25, 0.3) is 0 Å². The van der Waals surface area contributed by atoms with Crippen molar-refractivity contribution in [2.45, 2.75) is 156 Å². The molecule has 0 aromatic carbocycles. The zero-order valence-electron chi connectivity index (χ0n) is 18.6. The van der Waals surface area contributed by atoms with E-state index in [1.807, 2.05) is 0 Å². The Balaban J connectivity index is 3.55. The van der Waals surface area contributed by atoms with E-state index in [0.717, 1.165) is 0 Å². The molecule has 0 aliphatic rings. The smallest absolute Gasteiger partial charge is 0.0303 e. The quantitative estimate of drug-likeness (QED) is 0.191. The number of hydrogen-bond acceptors (Lipinski definition) is 0. The Morgan fingerprint density at radius 1 is 0.360 bits per heavy atom. The van der Waals surface area contributed by atoms with Gasteiger partial charge in [-0.05, 0) is 18.3 Å². The maximum absolute atomic E-state index is 2.43. The molecule has 152 valence electrons. The van der Waals surface area contributed by atoms with E-state index in [1.54, 1.807) is 0 Å². The molecule has 0 atom stereocenters. The van der Waals surface area contributed by atoms with E-state index in [2.05, 4.69) is 27.7 Å². The van der Waals surface area contributed by atoms with Crippen LogP contribution in [-0.2, 0) is 0 Å². The highest BCUT2D eigenvalue weighted by Crippen LogP contribution is 2.38. The molecule has 0 radical (unpaired) electrons. The monoisotopic (exact) mass is 352 g/mol. The van der Waals surface area contributed by atoms with Gasteiger partial charge in [0.15, 0.2) is 0 Å². The van der Waals surface area contributed by atoms with Crippen LogP contribution >= 0.6 is 0 Å². The summed E-state index contributed by atoms with van der Waals surface area (Å²) < 4.78 is 0. The van der Waals surface area contributed by atoms with Gasteiger partial charge in [0, 0.05) is 0 Å². The summed E-state index contributed by atoms with van der Waals surface area (Å²) >= 11 is 0. The van der Waals surface area contributed by atoms with Gasteiger partial charge in [0.2, 0.25) is 0 Å². The van der Waals surface area contributed by atoms with E-state index in [0.29, 0.717) is 5.41 Å². The van der Waals surface area contributed by atoms with Crippen molar-refractivity contribution >= 4 is 0 Å². The van der Waals surface area contributed by atoms with E-state index in [9.17, 15) is 0 Å². The summed E-state index contributed by atoms with van der Waals surface area (Å²) in [5.41, 5.74) is 0.673. The van der Waals surface area contributed by atoms with Crippen molar-refractivity contribution in [2.24, 2.45) is 5.41 Å². The van der Waals surface area contributed by atoms with Crippen LogP contribution in [0.25, 0.3) is 0 Å². The predicted molar refractivity (Wildman–Crippen MR) is 117 cm³/mol. The number of unbranched alkanes of at least 4 members (excludes halogenated alkanes) is 14. The topological polar surface area (TPSA) is 0 Å². The van der Waals surface area contributed by atoms with E-state index < -0.39 is 0 Å². The fourth-order valence-electron chi connectivity index (χ4n) is 4.35. The summed E-state index contributed by atoms with van der Waals surface area (Å²) in [6.07, 6.45) is 29.1. The summed E-state index contributed by atoms with van der Waals surface area (Å²) in [5, 5.41) is 0. The van der Waals surface area contributed by atoms with E-state index in [4.69, 9.17) is 0 Å². The third-order valence-electron chi connectivity index (χ3n) is 6.62. The molecule has 0 bridgehead atoms. The van der Waals surface area contributed by atoms with Gasteiger partial charge >= 0.3 is 0 Å². The lowest BCUT2D eigenvalue weighted by Crippen LogP contribution is -2.18. The lowest BCUT2D eigenvalue weighted by molar-refractivity contribution is 0.202. The summed E-state index contributed by atoms with van der Waals surface area (Å²) in [6, 6.07) is 0. The molecule has 25 heavy (non-hydrogen) atoms. The molecule has 0 aromatic rings. The molecular formula is C25H52. The Morgan fingerprint density at radius 3 is 0.960 bits per heavy atom. The zero-order valence-corrected chi connectivity index (χ0v) is 18.6. The minimum absolute atomic E-state index is 0.673. The minimum Gasteiger partial charge on any atom is -0.0654 e. The lowest BCUT2D eigenvalue weighted by Gasteiger charge is -2.32. The van der Waals surface area contributed by atoms with E-state index in [1.165, 1.54) is 128 Å². The van der Waals surface area contributed by atoms with Crippen molar-refractivity contribution in [3.63, 3.8) is 0 Å². The van der Waals surface area contributed by atoms with Crippen LogP contribution in [-0.4, -0.2) is 0 Å². The van der Waals surface area contributed by atoms with Gasteiger partial charge in [-0.3, -0.25) is 0 Å². The Labute approximate surface area is 161 Å². The number of rotatable bonds is 20. The third kappa shape index (κ3) is 14.8. The van der Waals surface area contributed by atoms with Crippen molar-refractivity contribution in [3.8, 4) is 0 Å². The van der Waals surface area contributed by atoms with Crippen LogP contribution in [0.5, 0.6) is 0 Å². The summed E-state index contributed by atoms with van der Waals surface area (Å²) in [4.78, 5) is 0. The highest BCUT2D eigenvalue weighted by molar-refractivity contribution is 4.76. The molecule has 0 nitrogen and oxygen atoms in total. The van der Waals surface area contributed by atoms with Crippen LogP contribution in [0.2, 0.25) is 0 Å². The van der Waals surface area contributed by atoms with Gasteiger partial charge in [-0.1, -0.05) is 143 Å². The first kappa shape index (κ1) is 25.0. The largest absolute Gasteiger partial charge is 0.0654 e. The second-order valence-corrected chi connectivity index (χ2v) is 8.66. The summed E-state index contributed by atoms with van der Waals surface area (Å²) in [7, 11) is 0. The lowest BCUT2D eigenvalue weighted by atomic mass is 9.74. The van der Waals surface area contributed by atoms with E-state index in [-0.39, 0.29) is 0 Å². The summed E-state index contributed by atoms with van der Waals surface area (Å²) in [5.74, 6) is 0. The Morgan fingerprint density at radius 2 is 0.640 bits per heavy atom. The van der Waals surface area contributed by atoms with Gasteiger partial charge in [-0.2, -0.15) is 0 Å². The zero-order chi connectivity index (χ0) is 18.6. The minimum atomic E-state index is 0.673. The molecule has 0 unspecified atom stereocenters. The Bertz CT molecular complexity index is 238.